The van der Waals surface area contributed by atoms with Crippen LogP contribution < -0.4 is 10.9 Å². The minimum atomic E-state index is 0.327. The molecule has 0 bridgehead atoms. The van der Waals surface area contributed by atoms with Crippen molar-refractivity contribution in [2.75, 3.05) is 6.54 Å². The van der Waals surface area contributed by atoms with Crippen molar-refractivity contribution in [2.24, 2.45) is 5.92 Å². The third-order valence-corrected chi connectivity index (χ3v) is 4.83. The number of hydrazine groups is 1. The van der Waals surface area contributed by atoms with Gasteiger partial charge in [0.05, 0.1) is 18.1 Å². The second kappa shape index (κ2) is 6.59. The van der Waals surface area contributed by atoms with Crippen molar-refractivity contribution in [3.8, 4) is 11.3 Å². The Hall–Kier alpha value is -2.43. The zero-order valence-corrected chi connectivity index (χ0v) is 13.8. The van der Waals surface area contributed by atoms with Crippen LogP contribution in [0, 0.1) is 12.8 Å². The Kier molecular flexibility index (Phi) is 4.15. The summed E-state index contributed by atoms with van der Waals surface area (Å²) in [5.74, 6) is 0.490. The fraction of sp³-hybridized carbons (Fsp3) is 0.250. The molecule has 2 heterocycles. The van der Waals surface area contributed by atoms with E-state index in [1.165, 1.54) is 16.8 Å². The van der Waals surface area contributed by atoms with Crippen molar-refractivity contribution in [3.63, 3.8) is 0 Å². The Morgan fingerprint density at radius 3 is 2.50 bits per heavy atom. The minimum Gasteiger partial charge on any atom is -0.334 e. The smallest absolute Gasteiger partial charge is 0.0956 e. The molecule has 2 N–H and O–H groups in total. The first kappa shape index (κ1) is 15.1. The average molecular weight is 318 g/mol. The SMILES string of the molecule is Cc1c(-c2ccccc2)ncn1CC1CNNC1c1ccccc1. The van der Waals surface area contributed by atoms with E-state index in [-0.39, 0.29) is 0 Å². The van der Waals surface area contributed by atoms with Crippen molar-refractivity contribution in [1.29, 1.82) is 0 Å². The van der Waals surface area contributed by atoms with Gasteiger partial charge in [-0.3, -0.25) is 5.43 Å². The van der Waals surface area contributed by atoms with Crippen molar-refractivity contribution in [3.05, 3.63) is 78.2 Å². The van der Waals surface area contributed by atoms with Crippen LogP contribution in [0.4, 0.5) is 0 Å². The molecule has 3 aromatic rings. The van der Waals surface area contributed by atoms with E-state index in [4.69, 9.17) is 0 Å². The highest BCUT2D eigenvalue weighted by Crippen LogP contribution is 2.28. The van der Waals surface area contributed by atoms with Gasteiger partial charge in [0, 0.05) is 30.3 Å². The number of hydrogen-bond donors (Lipinski definition) is 2. The van der Waals surface area contributed by atoms with E-state index < -0.39 is 0 Å². The van der Waals surface area contributed by atoms with E-state index in [2.05, 4.69) is 81.9 Å². The fourth-order valence-corrected chi connectivity index (χ4v) is 3.48. The van der Waals surface area contributed by atoms with Crippen LogP contribution in [0.15, 0.2) is 67.0 Å². The lowest BCUT2D eigenvalue weighted by Crippen LogP contribution is -2.25. The lowest BCUT2D eigenvalue weighted by atomic mass is 9.95. The highest BCUT2D eigenvalue weighted by atomic mass is 15.4. The molecule has 2 aromatic carbocycles. The van der Waals surface area contributed by atoms with Gasteiger partial charge in [-0.2, -0.15) is 0 Å². The second-order valence-electron chi connectivity index (χ2n) is 6.37. The van der Waals surface area contributed by atoms with Gasteiger partial charge in [0.25, 0.3) is 0 Å². The maximum atomic E-state index is 4.65. The maximum Gasteiger partial charge on any atom is 0.0956 e. The molecule has 1 aromatic heterocycles. The Bertz CT molecular complexity index is 795. The Morgan fingerprint density at radius 1 is 1.04 bits per heavy atom. The van der Waals surface area contributed by atoms with Gasteiger partial charge in [0.15, 0.2) is 0 Å². The summed E-state index contributed by atoms with van der Waals surface area (Å²) in [4.78, 5) is 4.65. The van der Waals surface area contributed by atoms with Crippen molar-refractivity contribution >= 4 is 0 Å². The standard InChI is InChI=1S/C20H22N4/c1-15-19(16-8-4-2-5-9-16)21-14-24(15)13-18-12-22-23-20(18)17-10-6-3-7-11-17/h2-11,14,18,20,22-23H,12-13H2,1H3. The minimum absolute atomic E-state index is 0.327. The van der Waals surface area contributed by atoms with E-state index in [1.54, 1.807) is 0 Å². The summed E-state index contributed by atoms with van der Waals surface area (Å²) >= 11 is 0. The first-order valence-corrected chi connectivity index (χ1v) is 8.43. The van der Waals surface area contributed by atoms with Crippen LogP contribution in [-0.4, -0.2) is 16.1 Å². The number of nitrogens with zero attached hydrogens (tertiary/aromatic N) is 2. The van der Waals surface area contributed by atoms with Gasteiger partial charge in [0.2, 0.25) is 0 Å². The van der Waals surface area contributed by atoms with Gasteiger partial charge in [-0.05, 0) is 12.5 Å². The summed E-state index contributed by atoms with van der Waals surface area (Å²) in [6.07, 6.45) is 1.97. The molecule has 122 valence electrons. The lowest BCUT2D eigenvalue weighted by molar-refractivity contribution is 0.411. The molecule has 1 aliphatic heterocycles. The Balaban J connectivity index is 1.56. The van der Waals surface area contributed by atoms with Crippen LogP contribution in [0.5, 0.6) is 0 Å². The number of benzene rings is 2. The van der Waals surface area contributed by atoms with Gasteiger partial charge in [-0.25, -0.2) is 10.4 Å². The quantitative estimate of drug-likeness (QED) is 0.775. The normalized spacial score (nSPS) is 20.4. The van der Waals surface area contributed by atoms with Gasteiger partial charge >= 0.3 is 0 Å². The molecular formula is C20H22N4. The predicted molar refractivity (Wildman–Crippen MR) is 96.2 cm³/mol. The molecule has 2 unspecified atom stereocenters. The average Bonchev–Trinajstić information content (AvgIpc) is 3.24. The first-order valence-electron chi connectivity index (χ1n) is 8.43. The highest BCUT2D eigenvalue weighted by molar-refractivity contribution is 5.61. The van der Waals surface area contributed by atoms with Crippen LogP contribution in [0.3, 0.4) is 0 Å². The molecular weight excluding hydrogens is 296 g/mol. The van der Waals surface area contributed by atoms with E-state index in [0.29, 0.717) is 12.0 Å². The lowest BCUT2D eigenvalue weighted by Gasteiger charge is -2.20. The molecule has 1 aliphatic rings. The van der Waals surface area contributed by atoms with Gasteiger partial charge < -0.3 is 4.57 Å². The number of imidazole rings is 1. The molecule has 1 saturated heterocycles. The third-order valence-electron chi connectivity index (χ3n) is 4.83. The molecule has 0 radical (unpaired) electrons. The Morgan fingerprint density at radius 2 is 1.75 bits per heavy atom. The van der Waals surface area contributed by atoms with E-state index in [0.717, 1.165) is 18.8 Å². The van der Waals surface area contributed by atoms with E-state index in [9.17, 15) is 0 Å². The molecule has 1 fully saturated rings. The molecule has 0 saturated carbocycles. The van der Waals surface area contributed by atoms with E-state index >= 15 is 0 Å². The number of aromatic nitrogens is 2. The van der Waals surface area contributed by atoms with Gasteiger partial charge in [0.1, 0.15) is 0 Å². The maximum absolute atomic E-state index is 4.65. The van der Waals surface area contributed by atoms with Gasteiger partial charge in [-0.15, -0.1) is 0 Å². The van der Waals surface area contributed by atoms with Crippen LogP contribution in [0.25, 0.3) is 11.3 Å². The first-order chi connectivity index (χ1) is 11.8. The summed E-state index contributed by atoms with van der Waals surface area (Å²) < 4.78 is 2.28. The summed E-state index contributed by atoms with van der Waals surface area (Å²) in [5, 5.41) is 0. The van der Waals surface area contributed by atoms with Gasteiger partial charge in [-0.1, -0.05) is 60.7 Å². The van der Waals surface area contributed by atoms with Crippen molar-refractivity contribution in [1.82, 2.24) is 20.4 Å². The van der Waals surface area contributed by atoms with Crippen molar-refractivity contribution in [2.45, 2.75) is 19.5 Å². The summed E-state index contributed by atoms with van der Waals surface area (Å²) in [6, 6.07) is 21.4. The molecule has 2 atom stereocenters. The summed E-state index contributed by atoms with van der Waals surface area (Å²) in [5.41, 5.74) is 11.5. The third kappa shape index (κ3) is 2.86. The second-order valence-corrected chi connectivity index (χ2v) is 6.37. The summed E-state index contributed by atoms with van der Waals surface area (Å²) in [7, 11) is 0. The van der Waals surface area contributed by atoms with Crippen LogP contribution in [-0.2, 0) is 6.54 Å². The highest BCUT2D eigenvalue weighted by Gasteiger charge is 2.28. The fourth-order valence-electron chi connectivity index (χ4n) is 3.48. The Labute approximate surface area is 142 Å². The zero-order valence-electron chi connectivity index (χ0n) is 13.8. The van der Waals surface area contributed by atoms with E-state index in [1.807, 2.05) is 12.4 Å². The van der Waals surface area contributed by atoms with Crippen LogP contribution >= 0.6 is 0 Å². The van der Waals surface area contributed by atoms with Crippen LogP contribution in [0.1, 0.15) is 17.3 Å². The number of nitrogens with one attached hydrogen (secondary N) is 2. The van der Waals surface area contributed by atoms with Crippen LogP contribution in [0.2, 0.25) is 0 Å². The molecule has 0 spiro atoms. The topological polar surface area (TPSA) is 41.9 Å². The monoisotopic (exact) mass is 318 g/mol. The molecule has 0 aliphatic carbocycles. The molecule has 4 rings (SSSR count). The number of rotatable bonds is 4. The zero-order chi connectivity index (χ0) is 16.4. The molecule has 4 heteroatoms. The number of hydrogen-bond acceptors (Lipinski definition) is 3. The largest absolute Gasteiger partial charge is 0.334 e. The molecule has 24 heavy (non-hydrogen) atoms. The molecule has 4 nitrogen and oxygen atoms in total. The predicted octanol–water partition coefficient (Wildman–Crippen LogP) is 3.32. The summed E-state index contributed by atoms with van der Waals surface area (Å²) in [6.45, 7) is 4.06. The molecule has 0 amide bonds. The van der Waals surface area contributed by atoms with Crippen molar-refractivity contribution < 1.29 is 0 Å².